The number of hydrogen-bond donors (Lipinski definition) is 1. The van der Waals surface area contributed by atoms with Gasteiger partial charge >= 0.3 is 0 Å². The third kappa shape index (κ3) is 2.65. The first-order valence-electron chi connectivity index (χ1n) is 4.84. The van der Waals surface area contributed by atoms with Crippen molar-refractivity contribution < 1.29 is 0 Å². The van der Waals surface area contributed by atoms with Crippen LogP contribution in [-0.2, 0) is 6.54 Å². The fourth-order valence-corrected chi connectivity index (χ4v) is 1.89. The predicted octanol–water partition coefficient (Wildman–Crippen LogP) is 4.00. The largest absolute Gasteiger partial charge is 0.380 e. The molecule has 2 nitrogen and oxygen atoms in total. The van der Waals surface area contributed by atoms with Crippen LogP contribution in [-0.4, -0.2) is 4.98 Å². The molecule has 0 aliphatic rings. The van der Waals surface area contributed by atoms with Crippen LogP contribution >= 0.6 is 23.2 Å². The van der Waals surface area contributed by atoms with Crippen molar-refractivity contribution >= 4 is 28.9 Å². The van der Waals surface area contributed by atoms with Crippen LogP contribution in [0.3, 0.4) is 0 Å². The Morgan fingerprint density at radius 3 is 2.44 bits per heavy atom. The lowest BCUT2D eigenvalue weighted by Gasteiger charge is -2.09. The molecule has 0 saturated carbocycles. The topological polar surface area (TPSA) is 24.9 Å². The molecule has 2 rings (SSSR count). The standard InChI is InChI=1S/C12H10Cl2N2/c13-11-4-1-5-12(14)10(11)8-16-9-3-2-6-15-7-9/h1-7,16H,8H2. The first kappa shape index (κ1) is 11.2. The van der Waals surface area contributed by atoms with Crippen molar-refractivity contribution in [1.29, 1.82) is 0 Å². The van der Waals surface area contributed by atoms with E-state index in [2.05, 4.69) is 10.3 Å². The zero-order chi connectivity index (χ0) is 11.4. The Labute approximate surface area is 104 Å². The van der Waals surface area contributed by atoms with E-state index in [1.54, 1.807) is 12.4 Å². The third-order valence-electron chi connectivity index (χ3n) is 2.19. The van der Waals surface area contributed by atoms with E-state index < -0.39 is 0 Å². The third-order valence-corrected chi connectivity index (χ3v) is 2.90. The zero-order valence-electron chi connectivity index (χ0n) is 8.45. The molecule has 0 saturated heterocycles. The van der Waals surface area contributed by atoms with Gasteiger partial charge < -0.3 is 5.32 Å². The second kappa shape index (κ2) is 5.19. The van der Waals surface area contributed by atoms with Crippen LogP contribution in [0.5, 0.6) is 0 Å². The highest BCUT2D eigenvalue weighted by molar-refractivity contribution is 6.36. The van der Waals surface area contributed by atoms with E-state index in [0.29, 0.717) is 16.6 Å². The first-order chi connectivity index (χ1) is 7.77. The van der Waals surface area contributed by atoms with Crippen molar-refractivity contribution in [2.24, 2.45) is 0 Å². The van der Waals surface area contributed by atoms with Gasteiger partial charge in [-0.3, -0.25) is 4.98 Å². The van der Waals surface area contributed by atoms with Crippen LogP contribution in [0, 0.1) is 0 Å². The minimum absolute atomic E-state index is 0.588. The Hall–Kier alpha value is -1.25. The fraction of sp³-hybridized carbons (Fsp3) is 0.0833. The van der Waals surface area contributed by atoms with Crippen LogP contribution < -0.4 is 5.32 Å². The van der Waals surface area contributed by atoms with Crippen LogP contribution in [0.4, 0.5) is 5.69 Å². The molecule has 1 aromatic carbocycles. The number of nitrogens with one attached hydrogen (secondary N) is 1. The molecular weight excluding hydrogens is 243 g/mol. The van der Waals surface area contributed by atoms with E-state index in [1.165, 1.54) is 0 Å². The van der Waals surface area contributed by atoms with E-state index in [1.807, 2.05) is 30.3 Å². The zero-order valence-corrected chi connectivity index (χ0v) is 9.96. The molecule has 16 heavy (non-hydrogen) atoms. The molecule has 82 valence electrons. The molecule has 0 radical (unpaired) electrons. The van der Waals surface area contributed by atoms with Gasteiger partial charge in [0.1, 0.15) is 0 Å². The maximum Gasteiger partial charge on any atom is 0.0529 e. The summed E-state index contributed by atoms with van der Waals surface area (Å²) < 4.78 is 0. The van der Waals surface area contributed by atoms with Crippen molar-refractivity contribution in [2.75, 3.05) is 5.32 Å². The molecular formula is C12H10Cl2N2. The maximum atomic E-state index is 6.06. The molecule has 1 aromatic heterocycles. The van der Waals surface area contributed by atoms with Gasteiger partial charge in [0.2, 0.25) is 0 Å². The lowest BCUT2D eigenvalue weighted by Crippen LogP contribution is -2.00. The Morgan fingerprint density at radius 1 is 1.06 bits per heavy atom. The summed E-state index contributed by atoms with van der Waals surface area (Å²) in [5.41, 5.74) is 1.84. The number of nitrogens with zero attached hydrogens (tertiary/aromatic N) is 1. The summed E-state index contributed by atoms with van der Waals surface area (Å²) in [5.74, 6) is 0. The van der Waals surface area contributed by atoms with Crippen molar-refractivity contribution in [3.63, 3.8) is 0 Å². The van der Waals surface area contributed by atoms with Gasteiger partial charge in [-0.05, 0) is 24.3 Å². The van der Waals surface area contributed by atoms with E-state index in [0.717, 1.165) is 11.3 Å². The maximum absolute atomic E-state index is 6.06. The second-order valence-electron chi connectivity index (χ2n) is 3.30. The molecule has 0 aliphatic carbocycles. The summed E-state index contributed by atoms with van der Waals surface area (Å²) in [6, 6.07) is 9.30. The summed E-state index contributed by atoms with van der Waals surface area (Å²) in [5, 5.41) is 4.55. The van der Waals surface area contributed by atoms with Crippen molar-refractivity contribution in [3.05, 3.63) is 58.3 Å². The van der Waals surface area contributed by atoms with E-state index in [-0.39, 0.29) is 0 Å². The van der Waals surface area contributed by atoms with Gasteiger partial charge in [-0.25, -0.2) is 0 Å². The van der Waals surface area contributed by atoms with Gasteiger partial charge in [0.25, 0.3) is 0 Å². The summed E-state index contributed by atoms with van der Waals surface area (Å²) >= 11 is 12.1. The van der Waals surface area contributed by atoms with Gasteiger partial charge in [0, 0.05) is 34.5 Å². The van der Waals surface area contributed by atoms with Crippen molar-refractivity contribution in [1.82, 2.24) is 4.98 Å². The number of rotatable bonds is 3. The molecule has 2 aromatic rings. The SMILES string of the molecule is Clc1cccc(Cl)c1CNc1cccnc1. The van der Waals surface area contributed by atoms with Gasteiger partial charge in [0.05, 0.1) is 5.69 Å². The summed E-state index contributed by atoms with van der Waals surface area (Å²) in [6.07, 6.45) is 3.48. The quantitative estimate of drug-likeness (QED) is 0.894. The molecule has 1 heterocycles. The Kier molecular flexibility index (Phi) is 3.65. The molecule has 0 atom stereocenters. The molecule has 0 unspecified atom stereocenters. The van der Waals surface area contributed by atoms with Crippen LogP contribution in [0.1, 0.15) is 5.56 Å². The predicted molar refractivity (Wildman–Crippen MR) is 68.0 cm³/mol. The number of hydrogen-bond acceptors (Lipinski definition) is 2. The lowest BCUT2D eigenvalue weighted by molar-refractivity contribution is 1.14. The van der Waals surface area contributed by atoms with E-state index in [4.69, 9.17) is 23.2 Å². The summed E-state index contributed by atoms with van der Waals surface area (Å²) in [4.78, 5) is 4.01. The number of halogens is 2. The highest BCUT2D eigenvalue weighted by atomic mass is 35.5. The molecule has 0 bridgehead atoms. The van der Waals surface area contributed by atoms with Crippen LogP contribution in [0.25, 0.3) is 0 Å². The number of aromatic nitrogens is 1. The number of benzene rings is 1. The molecule has 0 aliphatic heterocycles. The summed E-state index contributed by atoms with van der Waals surface area (Å²) in [7, 11) is 0. The minimum Gasteiger partial charge on any atom is -0.380 e. The first-order valence-corrected chi connectivity index (χ1v) is 5.60. The van der Waals surface area contributed by atoms with E-state index in [9.17, 15) is 0 Å². The smallest absolute Gasteiger partial charge is 0.0529 e. The van der Waals surface area contributed by atoms with Gasteiger partial charge in [0.15, 0.2) is 0 Å². The monoisotopic (exact) mass is 252 g/mol. The summed E-state index contributed by atoms with van der Waals surface area (Å²) in [6.45, 7) is 0.588. The van der Waals surface area contributed by atoms with Crippen molar-refractivity contribution in [2.45, 2.75) is 6.54 Å². The molecule has 4 heteroatoms. The minimum atomic E-state index is 0.588. The van der Waals surface area contributed by atoms with Crippen LogP contribution in [0.2, 0.25) is 10.0 Å². The Bertz CT molecular complexity index is 451. The fourth-order valence-electron chi connectivity index (χ4n) is 1.36. The number of pyridine rings is 1. The average Bonchev–Trinajstić information content (AvgIpc) is 2.30. The highest BCUT2D eigenvalue weighted by Crippen LogP contribution is 2.24. The normalized spacial score (nSPS) is 10.1. The Morgan fingerprint density at radius 2 is 1.81 bits per heavy atom. The molecule has 1 N–H and O–H groups in total. The lowest BCUT2D eigenvalue weighted by atomic mass is 10.2. The molecule has 0 spiro atoms. The average molecular weight is 253 g/mol. The second-order valence-corrected chi connectivity index (χ2v) is 4.11. The van der Waals surface area contributed by atoms with Crippen molar-refractivity contribution in [3.8, 4) is 0 Å². The van der Waals surface area contributed by atoms with Crippen LogP contribution in [0.15, 0.2) is 42.7 Å². The number of anilines is 1. The van der Waals surface area contributed by atoms with Gasteiger partial charge in [-0.1, -0.05) is 29.3 Å². The van der Waals surface area contributed by atoms with Gasteiger partial charge in [-0.2, -0.15) is 0 Å². The molecule has 0 amide bonds. The Balaban J connectivity index is 2.11. The van der Waals surface area contributed by atoms with Gasteiger partial charge in [-0.15, -0.1) is 0 Å². The van der Waals surface area contributed by atoms with E-state index >= 15 is 0 Å². The highest BCUT2D eigenvalue weighted by Gasteiger charge is 2.04. The molecule has 0 fully saturated rings.